The van der Waals surface area contributed by atoms with E-state index in [1.807, 2.05) is 0 Å². The van der Waals surface area contributed by atoms with Crippen molar-refractivity contribution in [1.29, 1.82) is 0 Å². The lowest BCUT2D eigenvalue weighted by Crippen LogP contribution is -3.00. The van der Waals surface area contributed by atoms with Gasteiger partial charge in [-0.15, -0.1) is 0 Å². The molecule has 0 saturated heterocycles. The first-order chi connectivity index (χ1) is 9.24. The Morgan fingerprint density at radius 2 is 0.950 bits per heavy atom. The van der Waals surface area contributed by atoms with Crippen molar-refractivity contribution in [3.05, 3.63) is 0 Å². The summed E-state index contributed by atoms with van der Waals surface area (Å²) in [5.74, 6) is 0. The minimum Gasteiger partial charge on any atom is -1.00 e. The highest BCUT2D eigenvalue weighted by atomic mass is 35.5. The van der Waals surface area contributed by atoms with E-state index in [1.54, 1.807) is 0 Å². The third-order valence-corrected chi connectivity index (χ3v) is 4.26. The molecule has 0 radical (unpaired) electrons. The standard InChI is InChI=1S/C17H38NO.ClH/c1-4-7-10-13-16-18(17-19,14-11-8-5-2)15-12-9-6-3;/h19H,4-17H2,1-3H3;1H/q+1;/p-1. The Kier molecular flexibility index (Phi) is 17.5. The Morgan fingerprint density at radius 1 is 0.600 bits per heavy atom. The van der Waals surface area contributed by atoms with Crippen molar-refractivity contribution in [2.24, 2.45) is 0 Å². The quantitative estimate of drug-likeness (QED) is 0.294. The van der Waals surface area contributed by atoms with E-state index in [9.17, 15) is 5.11 Å². The van der Waals surface area contributed by atoms with Gasteiger partial charge < -0.3 is 22.0 Å². The fourth-order valence-corrected chi connectivity index (χ4v) is 2.82. The zero-order valence-electron chi connectivity index (χ0n) is 14.2. The second-order valence-corrected chi connectivity index (χ2v) is 6.13. The Hall–Kier alpha value is 0.210. The summed E-state index contributed by atoms with van der Waals surface area (Å²) in [4.78, 5) is 0. The van der Waals surface area contributed by atoms with Gasteiger partial charge in [-0.1, -0.05) is 46.5 Å². The van der Waals surface area contributed by atoms with Gasteiger partial charge in [0, 0.05) is 0 Å². The predicted octanol–water partition coefficient (Wildman–Crippen LogP) is 1.72. The molecule has 0 aromatic heterocycles. The van der Waals surface area contributed by atoms with E-state index in [0.717, 1.165) is 4.48 Å². The number of aliphatic hydroxyl groups is 1. The molecule has 0 aliphatic heterocycles. The van der Waals surface area contributed by atoms with E-state index in [-0.39, 0.29) is 12.4 Å². The molecule has 0 bridgehead atoms. The zero-order chi connectivity index (χ0) is 14.4. The maximum absolute atomic E-state index is 9.90. The fourth-order valence-electron chi connectivity index (χ4n) is 2.82. The van der Waals surface area contributed by atoms with E-state index < -0.39 is 0 Å². The van der Waals surface area contributed by atoms with Gasteiger partial charge in [-0.25, -0.2) is 0 Å². The first kappa shape index (κ1) is 22.5. The molecule has 0 aliphatic rings. The minimum absolute atomic E-state index is 0. The largest absolute Gasteiger partial charge is 1.00 e. The molecule has 0 rings (SSSR count). The number of nitrogens with zero attached hydrogens (tertiary/aromatic N) is 1. The summed E-state index contributed by atoms with van der Waals surface area (Å²) >= 11 is 0. The molecule has 0 aliphatic carbocycles. The van der Waals surface area contributed by atoms with Crippen LogP contribution >= 0.6 is 0 Å². The van der Waals surface area contributed by atoms with Crippen LogP contribution in [0, 0.1) is 0 Å². The SMILES string of the molecule is CCCCCC[N+](CO)(CCCCC)CCCCC.[Cl-]. The Bertz CT molecular complexity index is 178. The average molecular weight is 308 g/mol. The first-order valence-electron chi connectivity index (χ1n) is 8.70. The molecule has 3 heteroatoms. The molecule has 1 N–H and O–H groups in total. The van der Waals surface area contributed by atoms with Crippen LogP contribution in [0.15, 0.2) is 0 Å². The molecule has 0 spiro atoms. The van der Waals surface area contributed by atoms with Crippen LogP contribution in [0.3, 0.4) is 0 Å². The van der Waals surface area contributed by atoms with Crippen molar-refractivity contribution in [2.75, 3.05) is 26.4 Å². The van der Waals surface area contributed by atoms with Crippen molar-refractivity contribution in [2.45, 2.75) is 85.0 Å². The average Bonchev–Trinajstić information content (AvgIpc) is 2.43. The molecule has 2 nitrogen and oxygen atoms in total. The number of rotatable bonds is 14. The smallest absolute Gasteiger partial charge is 0.180 e. The second-order valence-electron chi connectivity index (χ2n) is 6.13. The number of quaternary nitrogens is 1. The highest BCUT2D eigenvalue weighted by Crippen LogP contribution is 2.15. The molecule has 0 aromatic rings. The molecule has 0 aromatic carbocycles. The van der Waals surface area contributed by atoms with Crippen molar-refractivity contribution in [3.63, 3.8) is 0 Å². The zero-order valence-corrected chi connectivity index (χ0v) is 14.9. The van der Waals surface area contributed by atoms with Gasteiger partial charge in [-0.2, -0.15) is 0 Å². The van der Waals surface area contributed by atoms with Crippen LogP contribution in [0.4, 0.5) is 0 Å². The van der Waals surface area contributed by atoms with E-state index >= 15 is 0 Å². The van der Waals surface area contributed by atoms with Crippen LogP contribution in [-0.4, -0.2) is 36.0 Å². The Morgan fingerprint density at radius 3 is 1.30 bits per heavy atom. The van der Waals surface area contributed by atoms with Crippen LogP contribution in [-0.2, 0) is 0 Å². The molecule has 20 heavy (non-hydrogen) atoms. The third-order valence-electron chi connectivity index (χ3n) is 4.26. The van der Waals surface area contributed by atoms with Gasteiger partial charge in [0.05, 0.1) is 19.6 Å². The highest BCUT2D eigenvalue weighted by molar-refractivity contribution is 4.48. The third kappa shape index (κ3) is 10.9. The highest BCUT2D eigenvalue weighted by Gasteiger charge is 2.24. The Balaban J connectivity index is 0. The maximum atomic E-state index is 9.90. The molecule has 0 heterocycles. The summed E-state index contributed by atoms with van der Waals surface area (Å²) < 4.78 is 0.962. The number of unbranched alkanes of at least 4 members (excludes halogenated alkanes) is 7. The summed E-state index contributed by atoms with van der Waals surface area (Å²) in [6.07, 6.45) is 13.0. The van der Waals surface area contributed by atoms with Crippen molar-refractivity contribution >= 4 is 0 Å². The molecular formula is C17H38ClNO. The van der Waals surface area contributed by atoms with E-state index in [2.05, 4.69) is 20.8 Å². The van der Waals surface area contributed by atoms with Crippen LogP contribution in [0.25, 0.3) is 0 Å². The van der Waals surface area contributed by atoms with Gasteiger partial charge in [0.15, 0.2) is 6.73 Å². The first-order valence-corrected chi connectivity index (χ1v) is 8.70. The lowest BCUT2D eigenvalue weighted by atomic mass is 10.1. The summed E-state index contributed by atoms with van der Waals surface area (Å²) in [6, 6.07) is 0. The maximum Gasteiger partial charge on any atom is 0.180 e. The monoisotopic (exact) mass is 307 g/mol. The molecule has 0 saturated carbocycles. The predicted molar refractivity (Wildman–Crippen MR) is 85.1 cm³/mol. The molecule has 124 valence electrons. The summed E-state index contributed by atoms with van der Waals surface area (Å²) in [7, 11) is 0. The lowest BCUT2D eigenvalue weighted by molar-refractivity contribution is -0.945. The summed E-state index contributed by atoms with van der Waals surface area (Å²) in [6.45, 7) is 10.7. The van der Waals surface area contributed by atoms with Crippen molar-refractivity contribution in [1.82, 2.24) is 0 Å². The Labute approximate surface area is 133 Å². The molecular weight excluding hydrogens is 270 g/mol. The van der Waals surface area contributed by atoms with E-state index in [1.165, 1.54) is 83.8 Å². The number of halogens is 1. The van der Waals surface area contributed by atoms with E-state index in [4.69, 9.17) is 0 Å². The van der Waals surface area contributed by atoms with Crippen LogP contribution in [0.2, 0.25) is 0 Å². The van der Waals surface area contributed by atoms with Gasteiger partial charge in [-0.05, 0) is 38.5 Å². The second kappa shape index (κ2) is 15.6. The topological polar surface area (TPSA) is 20.2 Å². The van der Waals surface area contributed by atoms with Crippen molar-refractivity contribution < 1.29 is 22.0 Å². The molecule has 0 fully saturated rings. The number of aliphatic hydroxyl groups excluding tert-OH is 1. The summed E-state index contributed by atoms with van der Waals surface area (Å²) in [5.41, 5.74) is 0. The molecule has 0 unspecified atom stereocenters. The van der Waals surface area contributed by atoms with Crippen molar-refractivity contribution in [3.8, 4) is 0 Å². The van der Waals surface area contributed by atoms with Gasteiger partial charge in [-0.3, -0.25) is 0 Å². The normalized spacial score (nSPS) is 11.4. The van der Waals surface area contributed by atoms with Gasteiger partial charge in [0.2, 0.25) is 0 Å². The van der Waals surface area contributed by atoms with Gasteiger partial charge >= 0.3 is 0 Å². The molecule has 0 amide bonds. The van der Waals surface area contributed by atoms with E-state index in [0.29, 0.717) is 6.73 Å². The van der Waals surface area contributed by atoms with Crippen LogP contribution in [0.5, 0.6) is 0 Å². The fraction of sp³-hybridized carbons (Fsp3) is 1.00. The summed E-state index contributed by atoms with van der Waals surface area (Å²) in [5, 5.41) is 9.90. The minimum atomic E-state index is 0. The number of hydrogen-bond donors (Lipinski definition) is 1. The van der Waals surface area contributed by atoms with Crippen LogP contribution in [0.1, 0.15) is 85.0 Å². The molecule has 0 atom stereocenters. The lowest BCUT2D eigenvalue weighted by Gasteiger charge is -2.37. The van der Waals surface area contributed by atoms with Gasteiger partial charge in [0.1, 0.15) is 0 Å². The van der Waals surface area contributed by atoms with Gasteiger partial charge in [0.25, 0.3) is 0 Å². The van der Waals surface area contributed by atoms with Crippen LogP contribution < -0.4 is 12.4 Å². The number of hydrogen-bond acceptors (Lipinski definition) is 1.